The van der Waals surface area contributed by atoms with E-state index in [1.165, 1.54) is 0 Å². The Morgan fingerprint density at radius 3 is 2.86 bits per heavy atom. The van der Waals surface area contributed by atoms with Crippen LogP contribution in [0.2, 0.25) is 0 Å². The van der Waals surface area contributed by atoms with E-state index in [1.54, 1.807) is 26.6 Å². The molecule has 146 valence electrons. The van der Waals surface area contributed by atoms with Crippen molar-refractivity contribution in [3.05, 3.63) is 41.9 Å². The highest BCUT2D eigenvalue weighted by Gasteiger charge is 2.28. The second kappa shape index (κ2) is 7.84. The van der Waals surface area contributed by atoms with Gasteiger partial charge in [0.25, 0.3) is 0 Å². The first-order valence-electron chi connectivity index (χ1n) is 9.33. The van der Waals surface area contributed by atoms with Crippen LogP contribution in [0.5, 0.6) is 11.5 Å². The number of carbonyl (C=O) groups excluding carboxylic acids is 1. The summed E-state index contributed by atoms with van der Waals surface area (Å²) in [5.74, 6) is 1.58. The summed E-state index contributed by atoms with van der Waals surface area (Å²) in [7, 11) is 3.19. The molecule has 8 heteroatoms. The fraction of sp³-hybridized carbons (Fsp3) is 0.400. The summed E-state index contributed by atoms with van der Waals surface area (Å²) in [6.45, 7) is 1.42. The number of carbonyl (C=O) groups is 1. The van der Waals surface area contributed by atoms with Gasteiger partial charge in [0.1, 0.15) is 5.52 Å². The van der Waals surface area contributed by atoms with Crippen LogP contribution in [0.4, 0.5) is 0 Å². The third-order valence-corrected chi connectivity index (χ3v) is 5.20. The van der Waals surface area contributed by atoms with Crippen LogP contribution in [0.1, 0.15) is 30.0 Å². The maximum absolute atomic E-state index is 12.9. The summed E-state index contributed by atoms with van der Waals surface area (Å²) in [5, 5.41) is 7.32. The van der Waals surface area contributed by atoms with Crippen LogP contribution in [0.15, 0.2) is 30.6 Å². The largest absolute Gasteiger partial charge is 0.493 e. The number of fused-ring (bicyclic) bond motifs is 1. The molecule has 0 radical (unpaired) electrons. The lowest BCUT2D eigenvalue weighted by Crippen LogP contribution is -2.40. The van der Waals surface area contributed by atoms with Gasteiger partial charge in [0.2, 0.25) is 5.91 Å². The molecule has 1 unspecified atom stereocenters. The van der Waals surface area contributed by atoms with Crippen LogP contribution in [0.25, 0.3) is 11.2 Å². The molecule has 0 saturated carbocycles. The fourth-order valence-electron chi connectivity index (χ4n) is 3.77. The highest BCUT2D eigenvalue weighted by atomic mass is 16.5. The van der Waals surface area contributed by atoms with Crippen LogP contribution < -0.4 is 9.47 Å². The minimum atomic E-state index is 0.104. The van der Waals surface area contributed by atoms with E-state index in [4.69, 9.17) is 9.47 Å². The van der Waals surface area contributed by atoms with Gasteiger partial charge < -0.3 is 14.4 Å². The van der Waals surface area contributed by atoms with Crippen molar-refractivity contribution in [3.63, 3.8) is 0 Å². The van der Waals surface area contributed by atoms with Crippen LogP contribution in [0, 0.1) is 0 Å². The molecule has 2 aromatic heterocycles. The minimum absolute atomic E-state index is 0.104. The van der Waals surface area contributed by atoms with Gasteiger partial charge in [-0.2, -0.15) is 5.10 Å². The molecule has 1 aliphatic rings. The van der Waals surface area contributed by atoms with E-state index in [0.717, 1.165) is 36.2 Å². The Labute approximate surface area is 162 Å². The predicted octanol–water partition coefficient (Wildman–Crippen LogP) is 2.32. The summed E-state index contributed by atoms with van der Waals surface area (Å²) in [6.07, 6.45) is 5.57. The molecule has 0 spiro atoms. The second-order valence-electron chi connectivity index (χ2n) is 6.91. The molecule has 1 aromatic carbocycles. The van der Waals surface area contributed by atoms with Crippen molar-refractivity contribution < 1.29 is 14.3 Å². The SMILES string of the molecule is COc1ccc(CC(=O)N2CCCC(c3[nH]nc4nccnc34)C2)cc1OC. The van der Waals surface area contributed by atoms with Crippen LogP contribution >= 0.6 is 0 Å². The fourth-order valence-corrected chi connectivity index (χ4v) is 3.77. The zero-order valence-electron chi connectivity index (χ0n) is 16.0. The highest BCUT2D eigenvalue weighted by molar-refractivity contribution is 5.79. The van der Waals surface area contributed by atoms with Gasteiger partial charge in [-0.3, -0.25) is 9.89 Å². The van der Waals surface area contributed by atoms with E-state index < -0.39 is 0 Å². The summed E-state index contributed by atoms with van der Waals surface area (Å²) >= 11 is 0. The first-order valence-corrected chi connectivity index (χ1v) is 9.33. The molecular formula is C20H23N5O3. The molecule has 8 nitrogen and oxygen atoms in total. The number of piperidine rings is 1. The number of nitrogens with one attached hydrogen (secondary N) is 1. The summed E-state index contributed by atoms with van der Waals surface area (Å²) in [6, 6.07) is 5.59. The number of ether oxygens (including phenoxy) is 2. The highest BCUT2D eigenvalue weighted by Crippen LogP contribution is 2.30. The number of methoxy groups -OCH3 is 2. The summed E-state index contributed by atoms with van der Waals surface area (Å²) in [5.41, 5.74) is 3.28. The van der Waals surface area contributed by atoms with Crippen LogP contribution in [0.3, 0.4) is 0 Å². The number of benzene rings is 1. The van der Waals surface area contributed by atoms with Gasteiger partial charge in [-0.25, -0.2) is 9.97 Å². The lowest BCUT2D eigenvalue weighted by atomic mass is 9.94. The number of rotatable bonds is 5. The third kappa shape index (κ3) is 3.49. The van der Waals surface area contributed by atoms with Gasteiger partial charge in [0, 0.05) is 31.4 Å². The van der Waals surface area contributed by atoms with E-state index in [0.29, 0.717) is 30.1 Å². The Hall–Kier alpha value is -3.16. The first-order chi connectivity index (χ1) is 13.7. The Kier molecular flexibility index (Phi) is 5.10. The number of nitrogens with zero attached hydrogens (tertiary/aromatic N) is 4. The average Bonchev–Trinajstić information content (AvgIpc) is 3.18. The summed E-state index contributed by atoms with van der Waals surface area (Å²) in [4.78, 5) is 23.5. The van der Waals surface area contributed by atoms with Crippen molar-refractivity contribution in [2.24, 2.45) is 0 Å². The van der Waals surface area contributed by atoms with Gasteiger partial charge in [-0.15, -0.1) is 0 Å². The van der Waals surface area contributed by atoms with Gasteiger partial charge in [-0.05, 0) is 30.5 Å². The van der Waals surface area contributed by atoms with Crippen molar-refractivity contribution in [2.75, 3.05) is 27.3 Å². The molecule has 1 aliphatic heterocycles. The van der Waals surface area contributed by atoms with Gasteiger partial charge in [-0.1, -0.05) is 6.07 Å². The molecule has 1 saturated heterocycles. The van der Waals surface area contributed by atoms with E-state index in [-0.39, 0.29) is 11.8 Å². The predicted molar refractivity (Wildman–Crippen MR) is 103 cm³/mol. The quantitative estimate of drug-likeness (QED) is 0.729. The average molecular weight is 381 g/mol. The lowest BCUT2D eigenvalue weighted by molar-refractivity contribution is -0.131. The molecule has 1 N–H and O–H groups in total. The number of H-pyrrole nitrogens is 1. The molecule has 3 aromatic rings. The second-order valence-corrected chi connectivity index (χ2v) is 6.91. The smallest absolute Gasteiger partial charge is 0.227 e. The van der Waals surface area contributed by atoms with Gasteiger partial charge >= 0.3 is 0 Å². The van der Waals surface area contributed by atoms with E-state index in [1.807, 2.05) is 23.1 Å². The Morgan fingerprint density at radius 2 is 2.04 bits per heavy atom. The van der Waals surface area contributed by atoms with Crippen molar-refractivity contribution in [1.82, 2.24) is 25.1 Å². The monoisotopic (exact) mass is 381 g/mol. The minimum Gasteiger partial charge on any atom is -0.493 e. The molecule has 4 rings (SSSR count). The molecule has 3 heterocycles. The van der Waals surface area contributed by atoms with E-state index in [2.05, 4.69) is 20.2 Å². The number of hydrogen-bond donors (Lipinski definition) is 1. The lowest BCUT2D eigenvalue weighted by Gasteiger charge is -2.32. The number of amides is 1. The first kappa shape index (κ1) is 18.2. The molecule has 1 amide bonds. The van der Waals surface area contributed by atoms with Crippen molar-refractivity contribution in [3.8, 4) is 11.5 Å². The molecule has 28 heavy (non-hydrogen) atoms. The van der Waals surface area contributed by atoms with Crippen molar-refractivity contribution in [2.45, 2.75) is 25.2 Å². The summed E-state index contributed by atoms with van der Waals surface area (Å²) < 4.78 is 10.6. The van der Waals surface area contributed by atoms with E-state index >= 15 is 0 Å². The number of aromatic amines is 1. The number of hydrogen-bond acceptors (Lipinski definition) is 6. The maximum atomic E-state index is 12.9. The van der Waals surface area contributed by atoms with Crippen molar-refractivity contribution >= 4 is 17.1 Å². The normalized spacial score (nSPS) is 16.9. The molecule has 0 bridgehead atoms. The Balaban J connectivity index is 1.48. The van der Waals surface area contributed by atoms with Crippen molar-refractivity contribution in [1.29, 1.82) is 0 Å². The molecular weight excluding hydrogens is 358 g/mol. The van der Waals surface area contributed by atoms with E-state index in [9.17, 15) is 4.79 Å². The van der Waals surface area contributed by atoms with Crippen LogP contribution in [-0.4, -0.2) is 58.3 Å². The topological polar surface area (TPSA) is 93.2 Å². The number of aromatic nitrogens is 4. The zero-order valence-corrected chi connectivity index (χ0v) is 16.0. The Morgan fingerprint density at radius 1 is 1.21 bits per heavy atom. The molecule has 1 fully saturated rings. The Bertz CT molecular complexity index is 987. The van der Waals surface area contributed by atoms with Crippen LogP contribution in [-0.2, 0) is 11.2 Å². The molecule has 0 aliphatic carbocycles. The zero-order chi connectivity index (χ0) is 19.5. The number of likely N-dealkylation sites (tertiary alicyclic amines) is 1. The third-order valence-electron chi connectivity index (χ3n) is 5.20. The molecule has 1 atom stereocenters. The van der Waals surface area contributed by atoms with Gasteiger partial charge in [0.15, 0.2) is 17.1 Å². The maximum Gasteiger partial charge on any atom is 0.227 e. The standard InChI is InChI=1S/C20H23N5O3/c1-27-15-6-5-13(10-16(15)28-2)11-17(26)25-9-3-4-14(12-25)18-19-20(24-23-18)22-8-7-21-19/h5-8,10,14H,3-4,9,11-12H2,1-2H3,(H,22,23,24). The van der Waals surface area contributed by atoms with Gasteiger partial charge in [0.05, 0.1) is 26.3 Å².